The van der Waals surface area contributed by atoms with Crippen molar-refractivity contribution in [1.82, 2.24) is 0 Å². The first-order chi connectivity index (χ1) is 8.79. The minimum atomic E-state index is -2.27. The van der Waals surface area contributed by atoms with Gasteiger partial charge in [-0.3, -0.25) is 4.79 Å². The topological polar surface area (TPSA) is 55.1 Å². The van der Waals surface area contributed by atoms with E-state index in [4.69, 9.17) is 5.73 Å². The normalized spacial score (nSPS) is 12.4. The molecule has 1 amide bonds. The molecule has 0 radical (unpaired) electrons. The number of hydrogen-bond acceptors (Lipinski definition) is 2. The molecule has 19 heavy (non-hydrogen) atoms. The second kappa shape index (κ2) is 5.96. The Morgan fingerprint density at radius 3 is 1.89 bits per heavy atom. The fraction of sp³-hybridized carbons (Fsp3) is 0.364. The van der Waals surface area contributed by atoms with Crippen molar-refractivity contribution in [3.8, 4) is 0 Å². The van der Waals surface area contributed by atoms with E-state index in [0.29, 0.717) is 0 Å². The van der Waals surface area contributed by atoms with Gasteiger partial charge in [-0.05, 0) is 12.5 Å². The van der Waals surface area contributed by atoms with Gasteiger partial charge in [0.05, 0.1) is 0 Å². The zero-order valence-corrected chi connectivity index (χ0v) is 9.87. The van der Waals surface area contributed by atoms with Crippen LogP contribution in [0.15, 0.2) is 0 Å². The number of carbonyl (C=O) groups is 1. The number of anilines is 1. The summed E-state index contributed by atoms with van der Waals surface area (Å²) in [5.74, 6) is -11.8. The van der Waals surface area contributed by atoms with E-state index < -0.39 is 40.7 Å². The lowest BCUT2D eigenvalue weighted by atomic mass is 10.1. The largest absolute Gasteiger partial charge is 0.330 e. The summed E-state index contributed by atoms with van der Waals surface area (Å²) < 4.78 is 64.9. The van der Waals surface area contributed by atoms with Crippen molar-refractivity contribution in [1.29, 1.82) is 0 Å². The van der Waals surface area contributed by atoms with Gasteiger partial charge in [0.25, 0.3) is 0 Å². The molecular formula is C11H11F5N2O. The van der Waals surface area contributed by atoms with Crippen LogP contribution in [-0.2, 0) is 4.79 Å². The molecule has 0 aliphatic carbocycles. The van der Waals surface area contributed by atoms with Crippen LogP contribution in [-0.4, -0.2) is 12.5 Å². The van der Waals surface area contributed by atoms with Gasteiger partial charge in [0, 0.05) is 6.42 Å². The van der Waals surface area contributed by atoms with E-state index in [-0.39, 0.29) is 18.9 Å². The molecule has 0 saturated carbocycles. The second-order valence-electron chi connectivity index (χ2n) is 4.04. The van der Waals surface area contributed by atoms with Crippen molar-refractivity contribution < 1.29 is 26.7 Å². The summed E-state index contributed by atoms with van der Waals surface area (Å²) >= 11 is 0. The van der Waals surface area contributed by atoms with Crippen molar-refractivity contribution in [3.05, 3.63) is 29.1 Å². The first kappa shape index (κ1) is 15.4. The van der Waals surface area contributed by atoms with Gasteiger partial charge in [-0.25, -0.2) is 22.0 Å². The standard InChI is InChI=1S/C11H11F5N2O/c1-4(3-17)2-5(19)18-11-9(15)7(13)6(12)8(14)10(11)16/h4H,2-3,17H2,1H3,(H,18,19). The van der Waals surface area contributed by atoms with E-state index in [1.165, 1.54) is 0 Å². The summed E-state index contributed by atoms with van der Waals surface area (Å²) in [4.78, 5) is 11.4. The third-order valence-corrected chi connectivity index (χ3v) is 2.41. The second-order valence-corrected chi connectivity index (χ2v) is 4.04. The van der Waals surface area contributed by atoms with Crippen molar-refractivity contribution >= 4 is 11.6 Å². The van der Waals surface area contributed by atoms with Crippen molar-refractivity contribution in [3.63, 3.8) is 0 Å². The van der Waals surface area contributed by atoms with E-state index in [1.807, 2.05) is 0 Å². The maximum absolute atomic E-state index is 13.2. The molecule has 3 nitrogen and oxygen atoms in total. The first-order valence-corrected chi connectivity index (χ1v) is 5.30. The predicted octanol–water partition coefficient (Wildman–Crippen LogP) is 2.31. The number of halogens is 5. The van der Waals surface area contributed by atoms with Crippen molar-refractivity contribution in [2.75, 3.05) is 11.9 Å². The zero-order chi connectivity index (χ0) is 14.7. The van der Waals surface area contributed by atoms with Crippen LogP contribution < -0.4 is 11.1 Å². The molecule has 1 aromatic carbocycles. The van der Waals surface area contributed by atoms with Crippen molar-refractivity contribution in [2.24, 2.45) is 11.7 Å². The van der Waals surface area contributed by atoms with E-state index in [1.54, 1.807) is 12.2 Å². The minimum Gasteiger partial charge on any atom is -0.330 e. The molecule has 1 rings (SSSR count). The fourth-order valence-electron chi connectivity index (χ4n) is 1.30. The van der Waals surface area contributed by atoms with Crippen LogP contribution in [0.5, 0.6) is 0 Å². The third kappa shape index (κ3) is 3.19. The van der Waals surface area contributed by atoms with Gasteiger partial charge in [0.15, 0.2) is 23.3 Å². The lowest BCUT2D eigenvalue weighted by molar-refractivity contribution is -0.116. The smallest absolute Gasteiger partial charge is 0.224 e. The highest BCUT2D eigenvalue weighted by Gasteiger charge is 2.26. The molecule has 1 aromatic rings. The van der Waals surface area contributed by atoms with Crippen LogP contribution >= 0.6 is 0 Å². The molecule has 1 unspecified atom stereocenters. The minimum absolute atomic E-state index is 0.143. The highest BCUT2D eigenvalue weighted by molar-refractivity contribution is 5.91. The SMILES string of the molecule is CC(CN)CC(=O)Nc1c(F)c(F)c(F)c(F)c1F. The Morgan fingerprint density at radius 1 is 1.05 bits per heavy atom. The highest BCUT2D eigenvalue weighted by atomic mass is 19.2. The molecule has 0 heterocycles. The summed E-state index contributed by atoms with van der Waals surface area (Å²) in [6.07, 6.45) is -0.198. The number of nitrogens with two attached hydrogens (primary N) is 1. The van der Waals surface area contributed by atoms with E-state index >= 15 is 0 Å². The van der Waals surface area contributed by atoms with Crippen molar-refractivity contribution in [2.45, 2.75) is 13.3 Å². The Hall–Kier alpha value is -1.70. The van der Waals surface area contributed by atoms with Crippen LogP contribution in [0, 0.1) is 35.0 Å². The molecule has 0 bridgehead atoms. The van der Waals surface area contributed by atoms with E-state index in [9.17, 15) is 26.7 Å². The van der Waals surface area contributed by atoms with Crippen LogP contribution in [0.2, 0.25) is 0 Å². The Bertz CT molecular complexity index is 477. The lowest BCUT2D eigenvalue weighted by Gasteiger charge is -2.11. The molecule has 8 heteroatoms. The molecule has 0 fully saturated rings. The maximum atomic E-state index is 13.2. The van der Waals surface area contributed by atoms with Gasteiger partial charge < -0.3 is 11.1 Å². The molecular weight excluding hydrogens is 271 g/mol. The Balaban J connectivity index is 3.05. The Morgan fingerprint density at radius 2 is 1.47 bits per heavy atom. The summed E-state index contributed by atoms with van der Waals surface area (Å²) in [5, 5.41) is 1.66. The average molecular weight is 282 g/mol. The fourth-order valence-corrected chi connectivity index (χ4v) is 1.30. The van der Waals surface area contributed by atoms with Gasteiger partial charge in [-0.1, -0.05) is 6.92 Å². The predicted molar refractivity (Wildman–Crippen MR) is 57.7 cm³/mol. The first-order valence-electron chi connectivity index (χ1n) is 5.30. The number of carbonyl (C=O) groups excluding carboxylic acids is 1. The van der Waals surface area contributed by atoms with Crippen LogP contribution in [0.25, 0.3) is 0 Å². The molecule has 0 aliphatic rings. The summed E-state index contributed by atoms with van der Waals surface area (Å²) in [6.45, 7) is 1.74. The number of amides is 1. The Kier molecular flexibility index (Phi) is 4.82. The Labute approximate surface area is 105 Å². The van der Waals surface area contributed by atoms with Crippen LogP contribution in [0.3, 0.4) is 0 Å². The van der Waals surface area contributed by atoms with Gasteiger partial charge in [-0.15, -0.1) is 0 Å². The van der Waals surface area contributed by atoms with Gasteiger partial charge >= 0.3 is 0 Å². The monoisotopic (exact) mass is 282 g/mol. The quantitative estimate of drug-likeness (QED) is 0.506. The lowest BCUT2D eigenvalue weighted by Crippen LogP contribution is -2.22. The highest BCUT2D eigenvalue weighted by Crippen LogP contribution is 2.27. The molecule has 106 valence electrons. The van der Waals surface area contributed by atoms with Crippen LogP contribution in [0.1, 0.15) is 13.3 Å². The number of hydrogen-bond donors (Lipinski definition) is 2. The molecule has 0 aromatic heterocycles. The van der Waals surface area contributed by atoms with Gasteiger partial charge in [0.2, 0.25) is 11.7 Å². The van der Waals surface area contributed by atoms with E-state index in [0.717, 1.165) is 0 Å². The molecule has 0 aliphatic heterocycles. The van der Waals surface area contributed by atoms with Gasteiger partial charge in [0.1, 0.15) is 5.69 Å². The molecule has 0 saturated heterocycles. The number of benzene rings is 1. The molecule has 3 N–H and O–H groups in total. The number of nitrogens with one attached hydrogen (secondary N) is 1. The maximum Gasteiger partial charge on any atom is 0.224 e. The summed E-state index contributed by atoms with van der Waals surface area (Å²) in [6, 6.07) is 0. The van der Waals surface area contributed by atoms with E-state index in [2.05, 4.69) is 0 Å². The summed E-state index contributed by atoms with van der Waals surface area (Å²) in [5.41, 5.74) is 3.89. The third-order valence-electron chi connectivity index (χ3n) is 2.41. The van der Waals surface area contributed by atoms with Gasteiger partial charge in [-0.2, -0.15) is 0 Å². The average Bonchev–Trinajstić information content (AvgIpc) is 2.39. The number of rotatable bonds is 4. The van der Waals surface area contributed by atoms with Crippen LogP contribution in [0.4, 0.5) is 27.6 Å². The molecule has 0 spiro atoms. The zero-order valence-electron chi connectivity index (χ0n) is 9.87. The summed E-state index contributed by atoms with van der Waals surface area (Å²) in [7, 11) is 0. The molecule has 1 atom stereocenters.